The van der Waals surface area contributed by atoms with Crippen LogP contribution in [0.1, 0.15) is 45.4 Å². The lowest BCUT2D eigenvalue weighted by Crippen LogP contribution is -2.42. The molecule has 0 aliphatic heterocycles. The number of hydrogen-bond acceptors (Lipinski definition) is 2. The first-order valence-corrected chi connectivity index (χ1v) is 9.21. The standard InChI is InChI=1S/C16H24ClNOS/c1-2-18-15-7-5-3-4-6-8-16(15)20(19)14-11-9-13(17)10-12-14/h9-12,15-16,18H,2-8H2,1H3. The van der Waals surface area contributed by atoms with Gasteiger partial charge in [-0.2, -0.15) is 0 Å². The number of benzene rings is 1. The summed E-state index contributed by atoms with van der Waals surface area (Å²) < 4.78 is 12.9. The van der Waals surface area contributed by atoms with Crippen molar-refractivity contribution < 1.29 is 4.21 Å². The number of rotatable bonds is 4. The molecule has 0 bridgehead atoms. The molecule has 112 valence electrons. The van der Waals surface area contributed by atoms with Crippen molar-refractivity contribution in [3.63, 3.8) is 0 Å². The molecule has 1 N–H and O–H groups in total. The van der Waals surface area contributed by atoms with E-state index >= 15 is 0 Å². The summed E-state index contributed by atoms with van der Waals surface area (Å²) in [6.07, 6.45) is 7.19. The van der Waals surface area contributed by atoms with E-state index in [4.69, 9.17) is 11.6 Å². The average Bonchev–Trinajstić information content (AvgIpc) is 2.42. The van der Waals surface area contributed by atoms with Crippen molar-refractivity contribution in [2.75, 3.05) is 6.54 Å². The van der Waals surface area contributed by atoms with Crippen LogP contribution in [-0.2, 0) is 10.8 Å². The molecule has 1 aliphatic carbocycles. The summed E-state index contributed by atoms with van der Waals surface area (Å²) in [5.74, 6) is 0. The smallest absolute Gasteiger partial charge is 0.0576 e. The van der Waals surface area contributed by atoms with Crippen molar-refractivity contribution >= 4 is 22.4 Å². The summed E-state index contributed by atoms with van der Waals surface area (Å²) in [4.78, 5) is 0.905. The van der Waals surface area contributed by atoms with Gasteiger partial charge in [0.2, 0.25) is 0 Å². The lowest BCUT2D eigenvalue weighted by molar-refractivity contribution is 0.400. The van der Waals surface area contributed by atoms with Crippen LogP contribution in [0.5, 0.6) is 0 Å². The zero-order valence-corrected chi connectivity index (χ0v) is 13.7. The van der Waals surface area contributed by atoms with E-state index in [0.717, 1.165) is 24.3 Å². The van der Waals surface area contributed by atoms with Crippen LogP contribution in [0, 0.1) is 0 Å². The summed E-state index contributed by atoms with van der Waals surface area (Å²) >= 11 is 5.92. The van der Waals surface area contributed by atoms with Crippen molar-refractivity contribution in [1.82, 2.24) is 5.32 Å². The molecule has 2 nitrogen and oxygen atoms in total. The molecule has 4 heteroatoms. The van der Waals surface area contributed by atoms with E-state index in [-0.39, 0.29) is 5.25 Å². The Morgan fingerprint density at radius 2 is 1.80 bits per heavy atom. The molecule has 20 heavy (non-hydrogen) atoms. The Kier molecular flexibility index (Phi) is 6.53. The fraction of sp³-hybridized carbons (Fsp3) is 0.625. The third-order valence-electron chi connectivity index (χ3n) is 3.99. The van der Waals surface area contributed by atoms with Crippen LogP contribution < -0.4 is 5.32 Å². The second-order valence-corrected chi connectivity index (χ2v) is 7.55. The molecule has 0 heterocycles. The van der Waals surface area contributed by atoms with Crippen LogP contribution in [0.2, 0.25) is 5.02 Å². The van der Waals surface area contributed by atoms with Crippen molar-refractivity contribution in [1.29, 1.82) is 0 Å². The summed E-state index contributed by atoms with van der Waals surface area (Å²) in [6, 6.07) is 7.84. The predicted octanol–water partition coefficient (Wildman–Crippen LogP) is 4.15. The highest BCUT2D eigenvalue weighted by Crippen LogP contribution is 2.25. The molecule has 0 spiro atoms. The van der Waals surface area contributed by atoms with E-state index in [1.807, 2.05) is 24.3 Å². The van der Waals surface area contributed by atoms with Gasteiger partial charge in [0.15, 0.2) is 0 Å². The molecule has 1 aromatic carbocycles. The highest BCUT2D eigenvalue weighted by atomic mass is 35.5. The first-order chi connectivity index (χ1) is 9.72. The lowest BCUT2D eigenvalue weighted by Gasteiger charge is -2.29. The molecule has 0 amide bonds. The van der Waals surface area contributed by atoms with Crippen LogP contribution in [-0.4, -0.2) is 22.0 Å². The quantitative estimate of drug-likeness (QED) is 0.904. The first kappa shape index (κ1) is 16.0. The van der Waals surface area contributed by atoms with Gasteiger partial charge in [-0.25, -0.2) is 0 Å². The molecule has 1 saturated carbocycles. The molecule has 0 saturated heterocycles. The first-order valence-electron chi connectivity index (χ1n) is 7.62. The van der Waals surface area contributed by atoms with Gasteiger partial charge in [-0.15, -0.1) is 0 Å². The number of hydrogen-bond donors (Lipinski definition) is 1. The summed E-state index contributed by atoms with van der Waals surface area (Å²) in [5, 5.41) is 4.46. The van der Waals surface area contributed by atoms with E-state index in [2.05, 4.69) is 12.2 Å². The van der Waals surface area contributed by atoms with Crippen molar-refractivity contribution in [2.24, 2.45) is 0 Å². The molecule has 2 rings (SSSR count). The lowest BCUT2D eigenvalue weighted by atomic mass is 9.96. The molecule has 1 fully saturated rings. The second-order valence-electron chi connectivity index (χ2n) is 5.45. The van der Waals surface area contributed by atoms with Crippen LogP contribution in [0.25, 0.3) is 0 Å². The van der Waals surface area contributed by atoms with E-state index in [9.17, 15) is 4.21 Å². The van der Waals surface area contributed by atoms with Crippen molar-refractivity contribution in [3.05, 3.63) is 29.3 Å². The van der Waals surface area contributed by atoms with E-state index in [1.54, 1.807) is 0 Å². The summed E-state index contributed by atoms with van der Waals surface area (Å²) in [6.45, 7) is 3.07. The maximum atomic E-state index is 12.9. The van der Waals surface area contributed by atoms with Gasteiger partial charge in [-0.3, -0.25) is 4.21 Å². The Bertz CT molecular complexity index is 435. The minimum absolute atomic E-state index is 0.219. The Morgan fingerprint density at radius 1 is 1.15 bits per heavy atom. The molecule has 1 aliphatic rings. The third kappa shape index (κ3) is 4.31. The molecule has 0 aromatic heterocycles. The maximum Gasteiger partial charge on any atom is 0.0576 e. The van der Waals surface area contributed by atoms with Gasteiger partial charge < -0.3 is 5.32 Å². The average molecular weight is 314 g/mol. The zero-order chi connectivity index (χ0) is 14.4. The van der Waals surface area contributed by atoms with Crippen LogP contribution in [0.3, 0.4) is 0 Å². The molecular formula is C16H24ClNOS. The van der Waals surface area contributed by atoms with E-state index < -0.39 is 10.8 Å². The Labute approximate surface area is 129 Å². The molecule has 1 aromatic rings. The molecule has 3 unspecified atom stereocenters. The van der Waals surface area contributed by atoms with Gasteiger partial charge in [-0.1, -0.05) is 44.2 Å². The summed E-state index contributed by atoms with van der Waals surface area (Å²) in [5.41, 5.74) is 0. The Morgan fingerprint density at radius 3 is 2.45 bits per heavy atom. The van der Waals surface area contributed by atoms with Gasteiger partial charge in [-0.05, 0) is 43.7 Å². The zero-order valence-electron chi connectivity index (χ0n) is 12.1. The van der Waals surface area contributed by atoms with Gasteiger partial charge in [0, 0.05) is 16.0 Å². The van der Waals surface area contributed by atoms with Gasteiger partial charge >= 0.3 is 0 Å². The van der Waals surface area contributed by atoms with Crippen molar-refractivity contribution in [3.8, 4) is 0 Å². The molecule has 0 radical (unpaired) electrons. The third-order valence-corrected chi connectivity index (χ3v) is 6.09. The van der Waals surface area contributed by atoms with Crippen LogP contribution in [0.4, 0.5) is 0 Å². The highest BCUT2D eigenvalue weighted by Gasteiger charge is 2.28. The van der Waals surface area contributed by atoms with Crippen LogP contribution >= 0.6 is 11.6 Å². The SMILES string of the molecule is CCNC1CCCCCCC1S(=O)c1ccc(Cl)cc1. The van der Waals surface area contributed by atoms with E-state index in [0.29, 0.717) is 11.1 Å². The monoisotopic (exact) mass is 313 g/mol. The normalized spacial score (nSPS) is 25.7. The van der Waals surface area contributed by atoms with Gasteiger partial charge in [0.25, 0.3) is 0 Å². The fourth-order valence-corrected chi connectivity index (χ4v) is 4.74. The fourth-order valence-electron chi connectivity index (χ4n) is 2.95. The van der Waals surface area contributed by atoms with Crippen LogP contribution in [0.15, 0.2) is 29.2 Å². The number of halogens is 1. The maximum absolute atomic E-state index is 12.9. The predicted molar refractivity (Wildman–Crippen MR) is 86.8 cm³/mol. The second kappa shape index (κ2) is 8.16. The number of nitrogens with one attached hydrogen (secondary N) is 1. The van der Waals surface area contributed by atoms with E-state index in [1.165, 1.54) is 25.7 Å². The minimum Gasteiger partial charge on any atom is -0.313 e. The van der Waals surface area contributed by atoms with Gasteiger partial charge in [0.1, 0.15) is 0 Å². The molecular weight excluding hydrogens is 290 g/mol. The largest absolute Gasteiger partial charge is 0.313 e. The highest BCUT2D eigenvalue weighted by molar-refractivity contribution is 7.85. The van der Waals surface area contributed by atoms with Crippen molar-refractivity contribution in [2.45, 2.75) is 61.6 Å². The summed E-state index contributed by atoms with van der Waals surface area (Å²) in [7, 11) is -0.950. The van der Waals surface area contributed by atoms with Gasteiger partial charge in [0.05, 0.1) is 16.0 Å². The minimum atomic E-state index is -0.950. The Hall–Kier alpha value is -0.380. The molecule has 3 atom stereocenters. The Balaban J connectivity index is 2.15. The topological polar surface area (TPSA) is 29.1 Å².